The normalized spacial score (nSPS) is 13.9. The second-order valence-electron chi connectivity index (χ2n) is 11.8. The minimum Gasteiger partial charge on any atom is -0.309 e. The summed E-state index contributed by atoms with van der Waals surface area (Å²) in [5, 5.41) is 2.52. The van der Waals surface area contributed by atoms with Gasteiger partial charge in [0, 0.05) is 39.1 Å². The topological polar surface area (TPSA) is 30.7 Å². The minimum absolute atomic E-state index is 0.136. The van der Waals surface area contributed by atoms with Gasteiger partial charge in [-0.1, -0.05) is 121 Å². The van der Waals surface area contributed by atoms with Crippen molar-refractivity contribution in [2.45, 2.75) is 12.3 Å². The van der Waals surface area contributed by atoms with Crippen LogP contribution in [0, 0.1) is 0 Å². The van der Waals surface area contributed by atoms with Gasteiger partial charge in [-0.2, -0.15) is 0 Å². The molecule has 2 aromatic heterocycles. The number of fused-ring (bicyclic) bond motifs is 6. The van der Waals surface area contributed by atoms with Crippen LogP contribution in [0.5, 0.6) is 0 Å². The Hall–Kier alpha value is -5.80. The van der Waals surface area contributed by atoms with Crippen LogP contribution < -0.4 is 0 Å². The van der Waals surface area contributed by atoms with E-state index in [-0.39, 0.29) is 5.92 Å². The van der Waals surface area contributed by atoms with Gasteiger partial charge in [0.25, 0.3) is 0 Å². The van der Waals surface area contributed by atoms with Crippen LogP contribution in [0.15, 0.2) is 158 Å². The van der Waals surface area contributed by atoms with Gasteiger partial charge in [-0.15, -0.1) is 0 Å². The van der Waals surface area contributed by atoms with E-state index in [0.717, 1.165) is 46.0 Å². The van der Waals surface area contributed by atoms with Crippen molar-refractivity contribution in [2.75, 3.05) is 0 Å². The van der Waals surface area contributed by atoms with Gasteiger partial charge in [0.15, 0.2) is 5.82 Å². The van der Waals surface area contributed by atoms with E-state index in [9.17, 15) is 0 Å². The molecule has 0 bridgehead atoms. The average molecular weight is 576 g/mol. The van der Waals surface area contributed by atoms with E-state index in [1.165, 1.54) is 38.5 Å². The fourth-order valence-corrected chi connectivity index (χ4v) is 7.11. The average Bonchev–Trinajstić information content (AvgIpc) is 3.46. The Kier molecular flexibility index (Phi) is 5.95. The van der Waals surface area contributed by atoms with Crippen LogP contribution in [-0.4, -0.2) is 14.5 Å². The fraction of sp³-hybridized carbons (Fsp3) is 0.0476. The van der Waals surface area contributed by atoms with Gasteiger partial charge in [0.2, 0.25) is 0 Å². The van der Waals surface area contributed by atoms with Crippen LogP contribution in [-0.2, 0) is 6.42 Å². The SMILES string of the molecule is c1ccc(-c2nc(-c3ccc(-n4c5ccccc5c5ccccc54)cc3)nc3c2-c2ccccc2CC3c2ccccc2)cc1. The molecule has 6 aromatic carbocycles. The zero-order valence-electron chi connectivity index (χ0n) is 24.6. The minimum atomic E-state index is 0.136. The Labute approximate surface area is 262 Å². The highest BCUT2D eigenvalue weighted by Gasteiger charge is 2.31. The Morgan fingerprint density at radius 1 is 0.511 bits per heavy atom. The van der Waals surface area contributed by atoms with Crippen molar-refractivity contribution in [3.8, 4) is 39.5 Å². The zero-order chi connectivity index (χ0) is 29.7. The molecule has 0 saturated carbocycles. The van der Waals surface area contributed by atoms with E-state index < -0.39 is 0 Å². The fourth-order valence-electron chi connectivity index (χ4n) is 7.11. The van der Waals surface area contributed by atoms with Crippen LogP contribution in [0.4, 0.5) is 0 Å². The van der Waals surface area contributed by atoms with Crippen LogP contribution in [0.2, 0.25) is 0 Å². The second kappa shape index (κ2) is 10.4. The first-order chi connectivity index (χ1) is 22.3. The molecule has 9 rings (SSSR count). The smallest absolute Gasteiger partial charge is 0.160 e. The quantitative estimate of drug-likeness (QED) is 0.209. The first-order valence-corrected chi connectivity index (χ1v) is 15.5. The number of rotatable bonds is 4. The lowest BCUT2D eigenvalue weighted by Crippen LogP contribution is -2.17. The lowest BCUT2D eigenvalue weighted by atomic mass is 9.77. The monoisotopic (exact) mass is 575 g/mol. The largest absolute Gasteiger partial charge is 0.309 e. The highest BCUT2D eigenvalue weighted by Crippen LogP contribution is 2.46. The van der Waals surface area contributed by atoms with Crippen molar-refractivity contribution in [1.29, 1.82) is 0 Å². The lowest BCUT2D eigenvalue weighted by Gasteiger charge is -2.29. The molecule has 1 unspecified atom stereocenters. The van der Waals surface area contributed by atoms with Crippen molar-refractivity contribution in [1.82, 2.24) is 14.5 Å². The van der Waals surface area contributed by atoms with Gasteiger partial charge in [-0.3, -0.25) is 0 Å². The number of para-hydroxylation sites is 2. The molecule has 0 spiro atoms. The molecule has 45 heavy (non-hydrogen) atoms. The first-order valence-electron chi connectivity index (χ1n) is 15.5. The summed E-state index contributed by atoms with van der Waals surface area (Å²) in [6.07, 6.45) is 0.907. The Bertz CT molecular complexity index is 2280. The Balaban J connectivity index is 1.25. The number of hydrogen-bond donors (Lipinski definition) is 0. The van der Waals surface area contributed by atoms with E-state index in [1.54, 1.807) is 0 Å². The molecular formula is C42H29N3. The lowest BCUT2D eigenvalue weighted by molar-refractivity contribution is 0.759. The van der Waals surface area contributed by atoms with Crippen LogP contribution in [0.25, 0.3) is 61.3 Å². The summed E-state index contributed by atoms with van der Waals surface area (Å²) in [7, 11) is 0. The molecule has 8 aromatic rings. The maximum atomic E-state index is 5.40. The predicted octanol–water partition coefficient (Wildman–Crippen LogP) is 10.3. The highest BCUT2D eigenvalue weighted by atomic mass is 15.0. The number of aromatic nitrogens is 3. The number of nitrogens with zero attached hydrogens (tertiary/aromatic N) is 3. The van der Waals surface area contributed by atoms with Gasteiger partial charge in [0.1, 0.15) is 0 Å². The molecular weight excluding hydrogens is 546 g/mol. The van der Waals surface area contributed by atoms with Crippen LogP contribution in [0.1, 0.15) is 22.7 Å². The van der Waals surface area contributed by atoms with Crippen molar-refractivity contribution in [3.05, 3.63) is 175 Å². The molecule has 1 atom stereocenters. The van der Waals surface area contributed by atoms with Crippen LogP contribution in [0.3, 0.4) is 0 Å². The summed E-state index contributed by atoms with van der Waals surface area (Å²) in [5.74, 6) is 0.888. The van der Waals surface area contributed by atoms with Crippen molar-refractivity contribution in [3.63, 3.8) is 0 Å². The van der Waals surface area contributed by atoms with E-state index >= 15 is 0 Å². The van der Waals surface area contributed by atoms with Crippen molar-refractivity contribution >= 4 is 21.8 Å². The summed E-state index contributed by atoms with van der Waals surface area (Å²) in [6.45, 7) is 0. The van der Waals surface area contributed by atoms with Crippen molar-refractivity contribution < 1.29 is 0 Å². The standard InChI is InChI=1S/C42H29N3/c1-3-13-28(14-4-1)36-27-31-17-7-8-18-33(31)39-40(29-15-5-2-6-16-29)43-42(44-41(36)39)30-23-25-32(26-24-30)45-37-21-11-9-19-34(37)35-20-10-12-22-38(35)45/h1-26,36H,27H2. The Morgan fingerprint density at radius 2 is 1.11 bits per heavy atom. The molecule has 2 heterocycles. The third-order valence-electron chi connectivity index (χ3n) is 9.19. The second-order valence-corrected chi connectivity index (χ2v) is 11.8. The molecule has 0 N–H and O–H groups in total. The van der Waals surface area contributed by atoms with Gasteiger partial charge in [-0.05, 0) is 59.5 Å². The first kappa shape index (κ1) is 25.7. The summed E-state index contributed by atoms with van der Waals surface area (Å²) in [6, 6.07) is 56.1. The molecule has 212 valence electrons. The molecule has 0 saturated heterocycles. The summed E-state index contributed by atoms with van der Waals surface area (Å²) >= 11 is 0. The maximum absolute atomic E-state index is 5.40. The molecule has 0 radical (unpaired) electrons. The summed E-state index contributed by atoms with van der Waals surface area (Å²) in [5.41, 5.74) is 12.7. The molecule has 1 aliphatic carbocycles. The molecule has 1 aliphatic rings. The Morgan fingerprint density at radius 3 is 1.82 bits per heavy atom. The molecule has 0 aliphatic heterocycles. The predicted molar refractivity (Wildman–Crippen MR) is 185 cm³/mol. The third kappa shape index (κ3) is 4.20. The molecule has 0 fully saturated rings. The van der Waals surface area contributed by atoms with E-state index in [1.807, 2.05) is 0 Å². The van der Waals surface area contributed by atoms with Gasteiger partial charge in [0.05, 0.1) is 22.4 Å². The van der Waals surface area contributed by atoms with E-state index in [4.69, 9.17) is 9.97 Å². The maximum Gasteiger partial charge on any atom is 0.160 e. The van der Waals surface area contributed by atoms with Gasteiger partial charge >= 0.3 is 0 Å². The molecule has 0 amide bonds. The van der Waals surface area contributed by atoms with Crippen molar-refractivity contribution in [2.24, 2.45) is 0 Å². The van der Waals surface area contributed by atoms with E-state index in [0.29, 0.717) is 0 Å². The summed E-state index contributed by atoms with van der Waals surface area (Å²) in [4.78, 5) is 10.7. The van der Waals surface area contributed by atoms with E-state index in [2.05, 4.69) is 162 Å². The zero-order valence-corrected chi connectivity index (χ0v) is 24.6. The molecule has 3 heteroatoms. The third-order valence-corrected chi connectivity index (χ3v) is 9.19. The number of benzene rings is 6. The molecule has 3 nitrogen and oxygen atoms in total. The summed E-state index contributed by atoms with van der Waals surface area (Å²) < 4.78 is 2.35. The van der Waals surface area contributed by atoms with Gasteiger partial charge in [-0.25, -0.2) is 9.97 Å². The van der Waals surface area contributed by atoms with Crippen LogP contribution >= 0.6 is 0 Å². The van der Waals surface area contributed by atoms with Gasteiger partial charge < -0.3 is 4.57 Å². The highest BCUT2D eigenvalue weighted by molar-refractivity contribution is 6.09. The number of hydrogen-bond acceptors (Lipinski definition) is 2.